The summed E-state index contributed by atoms with van der Waals surface area (Å²) in [5.41, 5.74) is -0.00665. The number of alkyl halides is 3. The highest BCUT2D eigenvalue weighted by atomic mass is 35.5. The SMILES string of the molecule is CS(=O)(=NC(=O)c1nc2ccccn2c1-c1noc(C(F)(F)Cl)n1)c1ccccc1. The molecule has 3 aromatic heterocycles. The number of nitrogens with zero attached hydrogens (tertiary/aromatic N) is 5. The van der Waals surface area contributed by atoms with E-state index in [1.54, 1.807) is 48.5 Å². The third-order valence-corrected chi connectivity index (χ3v) is 5.87. The molecule has 1 unspecified atom stereocenters. The fourth-order valence-corrected chi connectivity index (χ4v) is 3.97. The van der Waals surface area contributed by atoms with Gasteiger partial charge in [-0.05, 0) is 35.9 Å². The van der Waals surface area contributed by atoms with Gasteiger partial charge in [0.15, 0.2) is 5.69 Å². The number of carbonyl (C=O) groups is 1. The number of amides is 1. The van der Waals surface area contributed by atoms with E-state index in [0.29, 0.717) is 10.5 Å². The van der Waals surface area contributed by atoms with Gasteiger partial charge in [0.25, 0.3) is 0 Å². The van der Waals surface area contributed by atoms with E-state index in [1.165, 1.54) is 16.9 Å². The minimum absolute atomic E-state index is 0.0430. The number of fused-ring (bicyclic) bond motifs is 1. The standard InChI is InChI=1S/C18H12ClF2N5O3S/c1-30(28,11-7-3-2-4-8-11)25-16(27)13-14(26-10-6-5-9-12(26)22-13)15-23-17(29-24-15)18(19,20)21/h2-10H,1H3. The summed E-state index contributed by atoms with van der Waals surface area (Å²) in [7, 11) is -3.09. The van der Waals surface area contributed by atoms with E-state index in [2.05, 4.69) is 24.0 Å². The van der Waals surface area contributed by atoms with E-state index in [0.717, 1.165) is 0 Å². The van der Waals surface area contributed by atoms with E-state index < -0.39 is 26.9 Å². The van der Waals surface area contributed by atoms with Gasteiger partial charge in [-0.3, -0.25) is 9.20 Å². The molecule has 0 aliphatic heterocycles. The number of rotatable bonds is 4. The average Bonchev–Trinajstić information content (AvgIpc) is 3.33. The second-order valence-electron chi connectivity index (χ2n) is 6.17. The molecule has 0 spiro atoms. The number of halogens is 3. The van der Waals surface area contributed by atoms with Crippen molar-refractivity contribution in [3.8, 4) is 11.5 Å². The number of imidazole rings is 1. The first kappa shape index (κ1) is 20.1. The summed E-state index contributed by atoms with van der Waals surface area (Å²) in [4.78, 5) is 21.0. The molecule has 12 heteroatoms. The first-order chi connectivity index (χ1) is 14.2. The molecule has 0 N–H and O–H groups in total. The van der Waals surface area contributed by atoms with Crippen LogP contribution in [-0.4, -0.2) is 35.9 Å². The zero-order valence-corrected chi connectivity index (χ0v) is 16.8. The van der Waals surface area contributed by atoms with Gasteiger partial charge in [0.2, 0.25) is 5.82 Å². The molecule has 1 aromatic carbocycles. The summed E-state index contributed by atoms with van der Waals surface area (Å²) in [6.45, 7) is 0. The lowest BCUT2D eigenvalue weighted by molar-refractivity contribution is 0.0551. The van der Waals surface area contributed by atoms with Crippen molar-refractivity contribution < 1.29 is 22.3 Å². The minimum atomic E-state index is -3.88. The quantitative estimate of drug-likeness (QED) is 0.435. The van der Waals surface area contributed by atoms with Crippen molar-refractivity contribution in [3.63, 3.8) is 0 Å². The maximum absolute atomic E-state index is 13.3. The van der Waals surface area contributed by atoms with E-state index in [-0.39, 0.29) is 17.2 Å². The van der Waals surface area contributed by atoms with Crippen molar-refractivity contribution in [1.29, 1.82) is 0 Å². The fourth-order valence-electron chi connectivity index (χ4n) is 2.72. The molecule has 154 valence electrons. The van der Waals surface area contributed by atoms with Crippen molar-refractivity contribution in [2.24, 2.45) is 4.36 Å². The maximum Gasteiger partial charge on any atom is 0.400 e. The van der Waals surface area contributed by atoms with Crippen molar-refractivity contribution in [2.75, 3.05) is 6.26 Å². The van der Waals surface area contributed by atoms with Crippen molar-refractivity contribution >= 4 is 32.9 Å². The fraction of sp³-hybridized carbons (Fsp3) is 0.111. The normalized spacial score (nSPS) is 13.9. The molecule has 0 bridgehead atoms. The first-order valence-corrected chi connectivity index (χ1v) is 10.7. The highest BCUT2D eigenvalue weighted by Crippen LogP contribution is 2.33. The second-order valence-corrected chi connectivity index (χ2v) is 8.90. The van der Waals surface area contributed by atoms with Crippen LogP contribution in [0, 0.1) is 0 Å². The number of benzene rings is 1. The van der Waals surface area contributed by atoms with Gasteiger partial charge in [0.1, 0.15) is 11.3 Å². The number of pyridine rings is 1. The lowest BCUT2D eigenvalue weighted by Crippen LogP contribution is -2.06. The first-order valence-electron chi connectivity index (χ1n) is 8.37. The minimum Gasteiger partial charge on any atom is -0.331 e. The van der Waals surface area contributed by atoms with E-state index in [9.17, 15) is 17.8 Å². The number of hydrogen-bond acceptors (Lipinski definition) is 6. The zero-order chi connectivity index (χ0) is 21.5. The van der Waals surface area contributed by atoms with Crippen LogP contribution in [0.3, 0.4) is 0 Å². The Morgan fingerprint density at radius 2 is 1.87 bits per heavy atom. The summed E-state index contributed by atoms with van der Waals surface area (Å²) in [6, 6.07) is 13.1. The molecule has 0 saturated heterocycles. The Morgan fingerprint density at radius 3 is 2.53 bits per heavy atom. The van der Waals surface area contributed by atoms with Crippen LogP contribution < -0.4 is 0 Å². The molecule has 0 aliphatic carbocycles. The molecular weight excluding hydrogens is 440 g/mol. The Labute approximate surface area is 173 Å². The molecule has 1 atom stereocenters. The van der Waals surface area contributed by atoms with Crippen LogP contribution in [-0.2, 0) is 15.1 Å². The predicted octanol–water partition coefficient (Wildman–Crippen LogP) is 3.97. The van der Waals surface area contributed by atoms with Gasteiger partial charge in [0, 0.05) is 17.3 Å². The molecule has 0 fully saturated rings. The zero-order valence-electron chi connectivity index (χ0n) is 15.2. The van der Waals surface area contributed by atoms with Gasteiger partial charge in [0.05, 0.1) is 9.73 Å². The molecule has 8 nitrogen and oxygen atoms in total. The van der Waals surface area contributed by atoms with Gasteiger partial charge in [-0.1, -0.05) is 29.4 Å². The Balaban J connectivity index is 1.89. The van der Waals surface area contributed by atoms with Crippen LogP contribution in [0.2, 0.25) is 0 Å². The Morgan fingerprint density at radius 1 is 1.17 bits per heavy atom. The van der Waals surface area contributed by atoms with Crippen molar-refractivity contribution in [2.45, 2.75) is 10.3 Å². The molecule has 1 amide bonds. The Bertz CT molecular complexity index is 1370. The molecule has 0 saturated carbocycles. The van der Waals surface area contributed by atoms with Gasteiger partial charge in [-0.15, -0.1) is 0 Å². The Kier molecular flexibility index (Phi) is 4.86. The van der Waals surface area contributed by atoms with Gasteiger partial charge < -0.3 is 4.52 Å². The summed E-state index contributed by atoms with van der Waals surface area (Å²) in [5.74, 6) is -2.40. The third kappa shape index (κ3) is 3.68. The lowest BCUT2D eigenvalue weighted by atomic mass is 10.3. The van der Waals surface area contributed by atoms with Crippen molar-refractivity contribution in [3.05, 3.63) is 66.3 Å². The topological polar surface area (TPSA) is 103 Å². The number of hydrogen-bond donors (Lipinski definition) is 0. The third-order valence-electron chi connectivity index (χ3n) is 4.05. The Hall–Kier alpha value is -3.18. The summed E-state index contributed by atoms with van der Waals surface area (Å²) in [5, 5.41) is -0.387. The largest absolute Gasteiger partial charge is 0.400 e. The molecule has 30 heavy (non-hydrogen) atoms. The molecule has 4 aromatic rings. The van der Waals surface area contributed by atoms with E-state index >= 15 is 0 Å². The molecule has 3 heterocycles. The van der Waals surface area contributed by atoms with Crippen LogP contribution >= 0.6 is 11.6 Å². The average molecular weight is 452 g/mol. The van der Waals surface area contributed by atoms with Gasteiger partial charge >= 0.3 is 17.2 Å². The highest BCUT2D eigenvalue weighted by molar-refractivity contribution is 7.93. The molecule has 0 radical (unpaired) electrons. The van der Waals surface area contributed by atoms with Crippen LogP contribution in [0.25, 0.3) is 17.2 Å². The van der Waals surface area contributed by atoms with Crippen LogP contribution in [0.15, 0.2) is 68.5 Å². The van der Waals surface area contributed by atoms with Gasteiger partial charge in [-0.25, -0.2) is 9.19 Å². The summed E-state index contributed by atoms with van der Waals surface area (Å²) in [6.07, 6.45) is 2.85. The maximum atomic E-state index is 13.3. The number of carbonyl (C=O) groups excluding carboxylic acids is 1. The smallest absolute Gasteiger partial charge is 0.331 e. The number of aromatic nitrogens is 4. The van der Waals surface area contributed by atoms with E-state index in [4.69, 9.17) is 11.6 Å². The monoisotopic (exact) mass is 451 g/mol. The summed E-state index contributed by atoms with van der Waals surface area (Å²) < 4.78 is 49.4. The molecule has 4 rings (SSSR count). The van der Waals surface area contributed by atoms with E-state index in [1.807, 2.05) is 0 Å². The van der Waals surface area contributed by atoms with Crippen molar-refractivity contribution in [1.82, 2.24) is 19.5 Å². The van der Waals surface area contributed by atoms with Crippen LogP contribution in [0.5, 0.6) is 0 Å². The molecular formula is C18H12ClF2N5O3S. The predicted molar refractivity (Wildman–Crippen MR) is 104 cm³/mol. The lowest BCUT2D eigenvalue weighted by Gasteiger charge is -2.03. The molecule has 0 aliphatic rings. The summed E-state index contributed by atoms with van der Waals surface area (Å²) >= 11 is 4.93. The van der Waals surface area contributed by atoms with Crippen LogP contribution in [0.4, 0.5) is 8.78 Å². The van der Waals surface area contributed by atoms with Gasteiger partial charge in [-0.2, -0.15) is 18.1 Å². The second kappa shape index (κ2) is 7.26. The highest BCUT2D eigenvalue weighted by Gasteiger charge is 2.37. The van der Waals surface area contributed by atoms with Crippen LogP contribution in [0.1, 0.15) is 16.4 Å².